The molecule has 0 saturated heterocycles. The molecule has 0 atom stereocenters. The van der Waals surface area contributed by atoms with Gasteiger partial charge in [0.2, 0.25) is 0 Å². The summed E-state index contributed by atoms with van der Waals surface area (Å²) < 4.78 is 13.1. The normalized spacial score (nSPS) is 10.4. The predicted molar refractivity (Wildman–Crippen MR) is 71.9 cm³/mol. The van der Waals surface area contributed by atoms with E-state index in [4.69, 9.17) is 0 Å². The molecular weight excluding hydrogens is 269 g/mol. The average molecular weight is 281 g/mol. The van der Waals surface area contributed by atoms with Crippen LogP contribution in [0.2, 0.25) is 0 Å². The molecule has 1 aromatic carbocycles. The highest BCUT2D eigenvalue weighted by atomic mass is 32.1. The first-order valence-electron chi connectivity index (χ1n) is 5.71. The maximum absolute atomic E-state index is 13.1. The van der Waals surface area contributed by atoms with E-state index in [1.165, 1.54) is 11.3 Å². The van der Waals surface area contributed by atoms with Crippen LogP contribution in [-0.4, -0.2) is 9.91 Å². The van der Waals surface area contributed by atoms with Gasteiger partial charge in [0.25, 0.3) is 5.69 Å². The monoisotopic (exact) mass is 281 g/mol. The molecule has 7 heteroatoms. The van der Waals surface area contributed by atoms with E-state index in [0.717, 1.165) is 34.5 Å². The van der Waals surface area contributed by atoms with E-state index in [2.05, 4.69) is 10.3 Å². The number of thiazole rings is 1. The van der Waals surface area contributed by atoms with Crippen molar-refractivity contribution in [1.29, 1.82) is 0 Å². The van der Waals surface area contributed by atoms with Crippen LogP contribution in [0.15, 0.2) is 24.4 Å². The molecule has 0 aliphatic rings. The number of halogens is 1. The fraction of sp³-hybridized carbons (Fsp3) is 0.250. The molecule has 2 aromatic rings. The van der Waals surface area contributed by atoms with Gasteiger partial charge in [0.15, 0.2) is 0 Å². The van der Waals surface area contributed by atoms with Crippen molar-refractivity contribution in [2.45, 2.75) is 19.9 Å². The van der Waals surface area contributed by atoms with Gasteiger partial charge in [-0.3, -0.25) is 10.1 Å². The summed E-state index contributed by atoms with van der Waals surface area (Å²) in [4.78, 5) is 15.4. The number of rotatable bonds is 5. The SMILES string of the molecule is CCc1ncc(CNc2cc(F)ccc2[N+](=O)[O-])s1. The average Bonchev–Trinajstić information content (AvgIpc) is 2.84. The van der Waals surface area contributed by atoms with Gasteiger partial charge in [-0.15, -0.1) is 11.3 Å². The summed E-state index contributed by atoms with van der Waals surface area (Å²) in [7, 11) is 0. The van der Waals surface area contributed by atoms with Crippen molar-refractivity contribution in [2.75, 3.05) is 5.32 Å². The number of nitrogens with one attached hydrogen (secondary N) is 1. The van der Waals surface area contributed by atoms with Crippen molar-refractivity contribution >= 4 is 22.7 Å². The van der Waals surface area contributed by atoms with Crippen LogP contribution in [0.5, 0.6) is 0 Å². The van der Waals surface area contributed by atoms with Gasteiger partial charge in [0.1, 0.15) is 11.5 Å². The number of nitrogens with zero attached hydrogens (tertiary/aromatic N) is 2. The third-order valence-electron chi connectivity index (χ3n) is 2.51. The van der Waals surface area contributed by atoms with E-state index in [0.29, 0.717) is 6.54 Å². The Labute approximate surface area is 113 Å². The predicted octanol–water partition coefficient (Wildman–Crippen LogP) is 3.36. The second-order valence-electron chi connectivity index (χ2n) is 3.85. The fourth-order valence-electron chi connectivity index (χ4n) is 1.58. The van der Waals surface area contributed by atoms with Crippen molar-refractivity contribution in [3.05, 3.63) is 50.2 Å². The van der Waals surface area contributed by atoms with Crippen LogP contribution in [0, 0.1) is 15.9 Å². The van der Waals surface area contributed by atoms with Crippen molar-refractivity contribution in [2.24, 2.45) is 0 Å². The van der Waals surface area contributed by atoms with E-state index in [-0.39, 0.29) is 11.4 Å². The van der Waals surface area contributed by atoms with Gasteiger partial charge >= 0.3 is 0 Å². The number of aromatic nitrogens is 1. The van der Waals surface area contributed by atoms with Crippen LogP contribution in [-0.2, 0) is 13.0 Å². The Morgan fingerprint density at radius 3 is 2.95 bits per heavy atom. The molecule has 0 fully saturated rings. The van der Waals surface area contributed by atoms with Crippen LogP contribution in [0.25, 0.3) is 0 Å². The molecule has 0 amide bonds. The summed E-state index contributed by atoms with van der Waals surface area (Å²) in [5.41, 5.74) is 0.0399. The van der Waals surface area contributed by atoms with Crippen LogP contribution < -0.4 is 5.32 Å². The Hall–Kier alpha value is -2.02. The van der Waals surface area contributed by atoms with Gasteiger partial charge in [-0.1, -0.05) is 6.92 Å². The topological polar surface area (TPSA) is 68.1 Å². The molecule has 1 aromatic heterocycles. The third-order valence-corrected chi connectivity index (χ3v) is 3.65. The van der Waals surface area contributed by atoms with Crippen molar-refractivity contribution in [3.63, 3.8) is 0 Å². The molecule has 1 heterocycles. The lowest BCUT2D eigenvalue weighted by Crippen LogP contribution is -2.02. The third kappa shape index (κ3) is 3.25. The molecule has 0 spiro atoms. The van der Waals surface area contributed by atoms with Crippen molar-refractivity contribution in [1.82, 2.24) is 4.98 Å². The molecule has 0 radical (unpaired) electrons. The molecule has 1 N–H and O–H groups in total. The van der Waals surface area contributed by atoms with E-state index in [9.17, 15) is 14.5 Å². The lowest BCUT2D eigenvalue weighted by molar-refractivity contribution is -0.384. The number of aryl methyl sites for hydroxylation is 1. The van der Waals surface area contributed by atoms with Gasteiger partial charge < -0.3 is 5.32 Å². The van der Waals surface area contributed by atoms with E-state index in [1.54, 1.807) is 6.20 Å². The minimum absolute atomic E-state index is 0.137. The van der Waals surface area contributed by atoms with Gasteiger partial charge in [-0.25, -0.2) is 9.37 Å². The molecule has 100 valence electrons. The number of nitro groups is 1. The number of nitro benzene ring substituents is 1. The highest BCUT2D eigenvalue weighted by Crippen LogP contribution is 2.26. The maximum Gasteiger partial charge on any atom is 0.292 e. The van der Waals surface area contributed by atoms with Crippen LogP contribution in [0.3, 0.4) is 0 Å². The molecule has 0 aliphatic heterocycles. The lowest BCUT2D eigenvalue weighted by atomic mass is 10.2. The number of hydrogen-bond acceptors (Lipinski definition) is 5. The van der Waals surface area contributed by atoms with Gasteiger partial charge in [0.05, 0.1) is 16.5 Å². The number of anilines is 1. The van der Waals surface area contributed by atoms with Crippen LogP contribution in [0.4, 0.5) is 15.8 Å². The van der Waals surface area contributed by atoms with Gasteiger partial charge in [-0.05, 0) is 12.5 Å². The minimum atomic E-state index is -0.536. The highest BCUT2D eigenvalue weighted by Gasteiger charge is 2.14. The Morgan fingerprint density at radius 1 is 1.53 bits per heavy atom. The van der Waals surface area contributed by atoms with Gasteiger partial charge in [0, 0.05) is 23.2 Å². The first-order chi connectivity index (χ1) is 9.10. The largest absolute Gasteiger partial charge is 0.374 e. The fourth-order valence-corrected chi connectivity index (χ4v) is 2.39. The minimum Gasteiger partial charge on any atom is -0.374 e. The summed E-state index contributed by atoms with van der Waals surface area (Å²) in [6.45, 7) is 2.40. The molecule has 5 nitrogen and oxygen atoms in total. The van der Waals surface area contributed by atoms with Crippen molar-refractivity contribution in [3.8, 4) is 0 Å². The molecular formula is C12H12FN3O2S. The first-order valence-corrected chi connectivity index (χ1v) is 6.53. The van der Waals surface area contributed by atoms with E-state index >= 15 is 0 Å². The maximum atomic E-state index is 13.1. The zero-order chi connectivity index (χ0) is 13.8. The Kier molecular flexibility index (Phi) is 4.06. The quantitative estimate of drug-likeness (QED) is 0.674. The van der Waals surface area contributed by atoms with E-state index in [1.807, 2.05) is 6.92 Å². The highest BCUT2D eigenvalue weighted by molar-refractivity contribution is 7.11. The van der Waals surface area contributed by atoms with Crippen LogP contribution in [0.1, 0.15) is 16.8 Å². The number of hydrogen-bond donors (Lipinski definition) is 1. The smallest absolute Gasteiger partial charge is 0.292 e. The summed E-state index contributed by atoms with van der Waals surface area (Å²) in [6.07, 6.45) is 2.58. The number of benzene rings is 1. The molecule has 0 aliphatic carbocycles. The summed E-state index contributed by atoms with van der Waals surface area (Å²) in [6, 6.07) is 3.35. The Morgan fingerprint density at radius 2 is 2.32 bits per heavy atom. The molecule has 0 bridgehead atoms. The van der Waals surface area contributed by atoms with Gasteiger partial charge in [-0.2, -0.15) is 0 Å². The zero-order valence-corrected chi connectivity index (χ0v) is 11.0. The Bertz CT molecular complexity index is 600. The lowest BCUT2D eigenvalue weighted by Gasteiger charge is -2.05. The Balaban J connectivity index is 2.14. The first kappa shape index (κ1) is 13.4. The molecule has 19 heavy (non-hydrogen) atoms. The van der Waals surface area contributed by atoms with Crippen molar-refractivity contribution < 1.29 is 9.31 Å². The van der Waals surface area contributed by atoms with E-state index < -0.39 is 10.7 Å². The van der Waals surface area contributed by atoms with Crippen LogP contribution >= 0.6 is 11.3 Å². The standard InChI is InChI=1S/C12H12FN3O2S/c1-2-12-15-7-9(19-12)6-14-10-5-8(13)3-4-11(10)16(17)18/h3-5,7,14H,2,6H2,1H3. The molecule has 0 saturated carbocycles. The summed E-state index contributed by atoms with van der Waals surface area (Å²) in [5, 5.41) is 14.7. The zero-order valence-electron chi connectivity index (χ0n) is 10.2. The second-order valence-corrected chi connectivity index (χ2v) is 5.05. The molecule has 2 rings (SSSR count). The molecule has 0 unspecified atom stereocenters. The summed E-state index contributed by atoms with van der Waals surface area (Å²) in [5.74, 6) is -0.508. The second kappa shape index (κ2) is 5.75. The summed E-state index contributed by atoms with van der Waals surface area (Å²) >= 11 is 1.53.